The quantitative estimate of drug-likeness (QED) is 0.851. The molecule has 0 fully saturated rings. The van der Waals surface area contributed by atoms with Crippen LogP contribution in [0.5, 0.6) is 0 Å². The molecule has 1 N–H and O–H groups in total. The summed E-state index contributed by atoms with van der Waals surface area (Å²) in [5.41, 5.74) is 2.46. The van der Waals surface area contributed by atoms with Gasteiger partial charge in [-0.05, 0) is 29.9 Å². The van der Waals surface area contributed by atoms with Crippen LogP contribution >= 0.6 is 24.0 Å². The number of hydrogen-bond donors (Lipinski definition) is 1. The Labute approximate surface area is 129 Å². The molecule has 0 aromatic heterocycles. The molecule has 0 spiro atoms. The zero-order valence-corrected chi connectivity index (χ0v) is 12.7. The monoisotopic (exact) mass is 300 g/mol. The van der Waals surface area contributed by atoms with Gasteiger partial charge in [0.15, 0.2) is 5.11 Å². The minimum atomic E-state index is 0.769. The van der Waals surface area contributed by atoms with E-state index in [-0.39, 0.29) is 0 Å². The van der Waals surface area contributed by atoms with Crippen LogP contribution in [0.2, 0.25) is 0 Å². The zero-order chi connectivity index (χ0) is 13.8. The molecule has 2 nitrogen and oxygen atoms in total. The Balaban J connectivity index is 1.69. The van der Waals surface area contributed by atoms with Gasteiger partial charge in [0.25, 0.3) is 0 Å². The maximum Gasteiger partial charge on any atom is 0.173 e. The first kappa shape index (κ1) is 13.5. The largest absolute Gasteiger partial charge is 0.358 e. The van der Waals surface area contributed by atoms with Gasteiger partial charge < -0.3 is 10.2 Å². The predicted molar refractivity (Wildman–Crippen MR) is 90.4 cm³/mol. The van der Waals surface area contributed by atoms with Crippen molar-refractivity contribution in [1.82, 2.24) is 5.32 Å². The lowest BCUT2D eigenvalue weighted by molar-refractivity contribution is 0.884. The molecule has 1 heterocycles. The Morgan fingerprint density at radius 3 is 2.70 bits per heavy atom. The summed E-state index contributed by atoms with van der Waals surface area (Å²) >= 11 is 7.45. The number of anilines is 1. The van der Waals surface area contributed by atoms with E-state index < -0.39 is 0 Å². The lowest BCUT2D eigenvalue weighted by Crippen LogP contribution is -2.42. The molecule has 20 heavy (non-hydrogen) atoms. The molecule has 2 aromatic rings. The van der Waals surface area contributed by atoms with E-state index in [2.05, 4.69) is 46.6 Å². The van der Waals surface area contributed by atoms with Crippen molar-refractivity contribution < 1.29 is 0 Å². The highest BCUT2D eigenvalue weighted by Crippen LogP contribution is 2.34. The maximum atomic E-state index is 5.55. The van der Waals surface area contributed by atoms with Crippen LogP contribution in [-0.4, -0.2) is 17.4 Å². The van der Waals surface area contributed by atoms with Crippen LogP contribution in [0.1, 0.15) is 5.56 Å². The SMILES string of the molecule is S=C(NCc1ccccc1)N1CCSc2ccccc21. The van der Waals surface area contributed by atoms with Crippen LogP contribution in [0.25, 0.3) is 0 Å². The van der Waals surface area contributed by atoms with Gasteiger partial charge in [0.2, 0.25) is 0 Å². The van der Waals surface area contributed by atoms with Gasteiger partial charge in [-0.25, -0.2) is 0 Å². The molecule has 0 bridgehead atoms. The second-order valence-corrected chi connectivity index (χ2v) is 6.14. The number of thioether (sulfide) groups is 1. The van der Waals surface area contributed by atoms with E-state index in [1.807, 2.05) is 30.0 Å². The van der Waals surface area contributed by atoms with Crippen LogP contribution in [0.4, 0.5) is 5.69 Å². The molecule has 3 rings (SSSR count). The third-order valence-electron chi connectivity index (χ3n) is 3.26. The lowest BCUT2D eigenvalue weighted by Gasteiger charge is -2.31. The first-order valence-corrected chi connectivity index (χ1v) is 8.05. The molecule has 0 radical (unpaired) electrons. The van der Waals surface area contributed by atoms with E-state index in [0.717, 1.165) is 24.0 Å². The Hall–Kier alpha value is -1.52. The molecule has 4 heteroatoms. The highest BCUT2D eigenvalue weighted by Gasteiger charge is 2.19. The van der Waals surface area contributed by atoms with Crippen molar-refractivity contribution in [2.75, 3.05) is 17.2 Å². The first-order chi connectivity index (χ1) is 9.84. The second-order valence-electron chi connectivity index (χ2n) is 4.61. The van der Waals surface area contributed by atoms with E-state index in [1.165, 1.54) is 16.1 Å². The Morgan fingerprint density at radius 1 is 1.10 bits per heavy atom. The molecular formula is C16H16N2S2. The smallest absolute Gasteiger partial charge is 0.173 e. The fourth-order valence-corrected chi connectivity index (χ4v) is 3.51. The molecule has 1 aliphatic heterocycles. The van der Waals surface area contributed by atoms with Gasteiger partial charge in [0, 0.05) is 23.7 Å². The van der Waals surface area contributed by atoms with Crippen molar-refractivity contribution in [3.63, 3.8) is 0 Å². The molecule has 2 aromatic carbocycles. The molecule has 0 saturated carbocycles. The summed E-state index contributed by atoms with van der Waals surface area (Å²) in [4.78, 5) is 3.51. The number of para-hydroxylation sites is 1. The molecule has 1 aliphatic rings. The summed E-state index contributed by atoms with van der Waals surface area (Å²) in [6.45, 7) is 1.73. The average Bonchev–Trinajstić information content (AvgIpc) is 2.53. The van der Waals surface area contributed by atoms with Gasteiger partial charge in [-0.3, -0.25) is 0 Å². The van der Waals surface area contributed by atoms with Crippen LogP contribution in [0, 0.1) is 0 Å². The van der Waals surface area contributed by atoms with Gasteiger partial charge in [0.1, 0.15) is 0 Å². The number of hydrogen-bond acceptors (Lipinski definition) is 2. The third-order valence-corrected chi connectivity index (χ3v) is 4.67. The maximum absolute atomic E-state index is 5.55. The minimum absolute atomic E-state index is 0.769. The topological polar surface area (TPSA) is 15.3 Å². The Bertz CT molecular complexity index is 598. The summed E-state index contributed by atoms with van der Waals surface area (Å²) in [6.07, 6.45) is 0. The number of nitrogens with one attached hydrogen (secondary N) is 1. The second kappa shape index (κ2) is 6.29. The summed E-state index contributed by atoms with van der Waals surface area (Å²) in [5.74, 6) is 1.07. The fourth-order valence-electron chi connectivity index (χ4n) is 2.25. The van der Waals surface area contributed by atoms with Crippen LogP contribution in [0.3, 0.4) is 0 Å². The van der Waals surface area contributed by atoms with Crippen molar-refractivity contribution in [3.05, 3.63) is 60.2 Å². The lowest BCUT2D eigenvalue weighted by atomic mass is 10.2. The van der Waals surface area contributed by atoms with Crippen molar-refractivity contribution in [1.29, 1.82) is 0 Å². The van der Waals surface area contributed by atoms with E-state index in [1.54, 1.807) is 0 Å². The highest BCUT2D eigenvalue weighted by molar-refractivity contribution is 7.99. The standard InChI is InChI=1S/C16H16N2S2/c19-16(17-12-13-6-2-1-3-7-13)18-10-11-20-15-9-5-4-8-14(15)18/h1-9H,10-12H2,(H,17,19). The van der Waals surface area contributed by atoms with Gasteiger partial charge in [-0.1, -0.05) is 42.5 Å². The summed E-state index contributed by atoms with van der Waals surface area (Å²) in [5, 5.41) is 4.16. The molecule has 102 valence electrons. The zero-order valence-electron chi connectivity index (χ0n) is 11.1. The number of benzene rings is 2. The minimum Gasteiger partial charge on any atom is -0.358 e. The van der Waals surface area contributed by atoms with Crippen molar-refractivity contribution in [2.45, 2.75) is 11.4 Å². The number of nitrogens with zero attached hydrogens (tertiary/aromatic N) is 1. The van der Waals surface area contributed by atoms with Gasteiger partial charge in [-0.15, -0.1) is 11.8 Å². The third kappa shape index (κ3) is 2.97. The molecule has 0 saturated heterocycles. The molecule has 0 aliphatic carbocycles. The first-order valence-electron chi connectivity index (χ1n) is 6.66. The van der Waals surface area contributed by atoms with Gasteiger partial charge in [-0.2, -0.15) is 0 Å². The summed E-state index contributed by atoms with van der Waals surface area (Å²) < 4.78 is 0. The number of rotatable bonds is 2. The Kier molecular flexibility index (Phi) is 4.23. The highest BCUT2D eigenvalue weighted by atomic mass is 32.2. The molecule has 0 atom stereocenters. The van der Waals surface area contributed by atoms with Crippen molar-refractivity contribution >= 4 is 34.8 Å². The van der Waals surface area contributed by atoms with Crippen molar-refractivity contribution in [3.8, 4) is 0 Å². The van der Waals surface area contributed by atoms with Gasteiger partial charge >= 0.3 is 0 Å². The van der Waals surface area contributed by atoms with E-state index in [0.29, 0.717) is 0 Å². The predicted octanol–water partition coefficient (Wildman–Crippen LogP) is 3.67. The molecular weight excluding hydrogens is 284 g/mol. The Morgan fingerprint density at radius 2 is 1.85 bits per heavy atom. The molecule has 0 amide bonds. The molecule has 0 unspecified atom stereocenters. The van der Waals surface area contributed by atoms with Crippen LogP contribution < -0.4 is 10.2 Å². The fraction of sp³-hybridized carbons (Fsp3) is 0.188. The van der Waals surface area contributed by atoms with Crippen LogP contribution in [0.15, 0.2) is 59.5 Å². The van der Waals surface area contributed by atoms with Crippen LogP contribution in [-0.2, 0) is 6.54 Å². The summed E-state index contributed by atoms with van der Waals surface area (Å²) in [6, 6.07) is 18.8. The number of fused-ring (bicyclic) bond motifs is 1. The van der Waals surface area contributed by atoms with Gasteiger partial charge in [0.05, 0.1) is 5.69 Å². The van der Waals surface area contributed by atoms with E-state index in [4.69, 9.17) is 12.2 Å². The summed E-state index contributed by atoms with van der Waals surface area (Å²) in [7, 11) is 0. The average molecular weight is 300 g/mol. The number of thiocarbonyl (C=S) groups is 1. The van der Waals surface area contributed by atoms with E-state index in [9.17, 15) is 0 Å². The van der Waals surface area contributed by atoms with Crippen molar-refractivity contribution in [2.24, 2.45) is 0 Å². The normalized spacial score (nSPS) is 13.7. The van der Waals surface area contributed by atoms with E-state index >= 15 is 0 Å².